The number of esters is 1. The minimum absolute atomic E-state index is 0.248. The molecule has 3 aromatic rings. The zero-order valence-corrected chi connectivity index (χ0v) is 17.5. The van der Waals surface area contributed by atoms with Crippen LogP contribution in [0.25, 0.3) is 11.4 Å². The quantitative estimate of drug-likeness (QED) is 0.606. The largest absolute Gasteiger partial charge is 0.462 e. The van der Waals surface area contributed by atoms with Gasteiger partial charge in [-0.2, -0.15) is 4.98 Å². The van der Waals surface area contributed by atoms with E-state index in [-0.39, 0.29) is 18.0 Å². The third-order valence-corrected chi connectivity index (χ3v) is 5.16. The van der Waals surface area contributed by atoms with E-state index in [0.717, 1.165) is 24.0 Å². The number of aryl methyl sites for hydroxylation is 1. The van der Waals surface area contributed by atoms with Gasteiger partial charge in [-0.3, -0.25) is 0 Å². The van der Waals surface area contributed by atoms with Crippen molar-refractivity contribution < 1.29 is 18.8 Å². The first-order valence-electron chi connectivity index (χ1n) is 10.3. The van der Waals surface area contributed by atoms with E-state index in [1.165, 1.54) is 0 Å². The van der Waals surface area contributed by atoms with Crippen molar-refractivity contribution in [3.8, 4) is 11.4 Å². The molecule has 1 aliphatic heterocycles. The number of carbonyl (C=O) groups excluding carboxylic acids is 2. The van der Waals surface area contributed by atoms with Crippen LogP contribution in [-0.4, -0.2) is 40.2 Å². The number of rotatable bonds is 5. The van der Waals surface area contributed by atoms with Crippen LogP contribution in [0.15, 0.2) is 53.1 Å². The van der Waals surface area contributed by atoms with Gasteiger partial charge in [0.2, 0.25) is 11.7 Å². The SMILES string of the molecule is CCOC(=O)c1ccc(NC(=O)N2CCCC2c2nc(-c3cccc(C)c3)no2)cc1. The summed E-state index contributed by atoms with van der Waals surface area (Å²) >= 11 is 0. The maximum atomic E-state index is 12.9. The molecule has 1 aromatic heterocycles. The van der Waals surface area contributed by atoms with Crippen LogP contribution in [0.2, 0.25) is 0 Å². The van der Waals surface area contributed by atoms with Crippen molar-refractivity contribution in [2.24, 2.45) is 0 Å². The van der Waals surface area contributed by atoms with Crippen LogP contribution in [0, 0.1) is 6.92 Å². The predicted molar refractivity (Wildman–Crippen MR) is 115 cm³/mol. The third-order valence-electron chi connectivity index (χ3n) is 5.16. The van der Waals surface area contributed by atoms with E-state index in [1.54, 1.807) is 36.1 Å². The minimum Gasteiger partial charge on any atom is -0.462 e. The summed E-state index contributed by atoms with van der Waals surface area (Å²) in [6.45, 7) is 4.67. The van der Waals surface area contributed by atoms with Crippen molar-refractivity contribution in [3.05, 3.63) is 65.5 Å². The van der Waals surface area contributed by atoms with Crippen molar-refractivity contribution in [3.63, 3.8) is 0 Å². The normalized spacial score (nSPS) is 15.7. The first-order valence-corrected chi connectivity index (χ1v) is 10.3. The lowest BCUT2D eigenvalue weighted by atomic mass is 10.1. The average Bonchev–Trinajstić information content (AvgIpc) is 3.44. The number of nitrogens with one attached hydrogen (secondary N) is 1. The summed E-state index contributed by atoms with van der Waals surface area (Å²) in [6.07, 6.45) is 1.60. The molecule has 1 N–H and O–H groups in total. The molecule has 4 rings (SSSR count). The van der Waals surface area contributed by atoms with Crippen LogP contribution in [0.1, 0.15) is 47.6 Å². The summed E-state index contributed by atoms with van der Waals surface area (Å²) in [5.74, 6) is 0.558. The van der Waals surface area contributed by atoms with E-state index in [1.807, 2.05) is 31.2 Å². The number of nitrogens with zero attached hydrogens (tertiary/aromatic N) is 3. The highest BCUT2D eigenvalue weighted by molar-refractivity contribution is 5.92. The number of anilines is 1. The lowest BCUT2D eigenvalue weighted by Crippen LogP contribution is -2.34. The molecule has 0 bridgehead atoms. The maximum Gasteiger partial charge on any atom is 0.338 e. The van der Waals surface area contributed by atoms with Gasteiger partial charge in [-0.05, 0) is 57.0 Å². The Morgan fingerprint density at radius 2 is 2.03 bits per heavy atom. The van der Waals surface area contributed by atoms with Gasteiger partial charge < -0.3 is 19.5 Å². The van der Waals surface area contributed by atoms with Crippen molar-refractivity contribution in [2.45, 2.75) is 32.7 Å². The summed E-state index contributed by atoms with van der Waals surface area (Å²) in [5.41, 5.74) is 3.02. The van der Waals surface area contributed by atoms with Gasteiger partial charge in [0.1, 0.15) is 6.04 Å². The Kier molecular flexibility index (Phi) is 5.97. The predicted octanol–water partition coefficient (Wildman–Crippen LogP) is 4.59. The number of amides is 2. The van der Waals surface area contributed by atoms with Gasteiger partial charge in [0, 0.05) is 17.8 Å². The Morgan fingerprint density at radius 1 is 1.23 bits per heavy atom. The Morgan fingerprint density at radius 3 is 2.77 bits per heavy atom. The fraction of sp³-hybridized carbons (Fsp3) is 0.304. The van der Waals surface area contributed by atoms with E-state index >= 15 is 0 Å². The second kappa shape index (κ2) is 8.99. The fourth-order valence-electron chi connectivity index (χ4n) is 3.64. The smallest absolute Gasteiger partial charge is 0.338 e. The molecule has 1 atom stereocenters. The summed E-state index contributed by atoms with van der Waals surface area (Å²) in [4.78, 5) is 30.9. The number of urea groups is 1. The number of benzene rings is 2. The topological polar surface area (TPSA) is 97.6 Å². The van der Waals surface area contributed by atoms with Gasteiger partial charge in [0.25, 0.3) is 0 Å². The lowest BCUT2D eigenvalue weighted by Gasteiger charge is -2.22. The highest BCUT2D eigenvalue weighted by atomic mass is 16.5. The second-order valence-electron chi connectivity index (χ2n) is 7.41. The van der Waals surface area contributed by atoms with Crippen LogP contribution in [0.4, 0.5) is 10.5 Å². The van der Waals surface area contributed by atoms with E-state index in [0.29, 0.717) is 36.1 Å². The minimum atomic E-state index is -0.388. The van der Waals surface area contributed by atoms with E-state index < -0.39 is 0 Å². The molecule has 1 saturated heterocycles. The molecule has 8 nitrogen and oxygen atoms in total. The molecule has 2 amide bonds. The first-order chi connectivity index (χ1) is 15.0. The lowest BCUT2D eigenvalue weighted by molar-refractivity contribution is 0.0526. The van der Waals surface area contributed by atoms with Crippen molar-refractivity contribution in [1.82, 2.24) is 15.0 Å². The zero-order valence-electron chi connectivity index (χ0n) is 17.5. The molecular weight excluding hydrogens is 396 g/mol. The number of hydrogen-bond acceptors (Lipinski definition) is 6. The van der Waals surface area contributed by atoms with E-state index in [9.17, 15) is 9.59 Å². The highest BCUT2D eigenvalue weighted by Crippen LogP contribution is 2.32. The number of aromatic nitrogens is 2. The van der Waals surface area contributed by atoms with Gasteiger partial charge in [0.15, 0.2) is 0 Å². The Bertz CT molecular complexity index is 1080. The molecule has 0 aliphatic carbocycles. The summed E-state index contributed by atoms with van der Waals surface area (Å²) in [6, 6.07) is 14.0. The highest BCUT2D eigenvalue weighted by Gasteiger charge is 2.34. The Balaban J connectivity index is 1.45. The van der Waals surface area contributed by atoms with Crippen LogP contribution in [0.3, 0.4) is 0 Å². The molecule has 2 heterocycles. The van der Waals surface area contributed by atoms with Gasteiger partial charge in [-0.15, -0.1) is 0 Å². The number of ether oxygens (including phenoxy) is 1. The fourth-order valence-corrected chi connectivity index (χ4v) is 3.64. The molecule has 31 heavy (non-hydrogen) atoms. The molecule has 1 fully saturated rings. The van der Waals surface area contributed by atoms with Crippen LogP contribution in [-0.2, 0) is 4.74 Å². The van der Waals surface area contributed by atoms with Gasteiger partial charge in [-0.1, -0.05) is 28.9 Å². The number of hydrogen-bond donors (Lipinski definition) is 1. The van der Waals surface area contributed by atoms with Crippen LogP contribution in [0.5, 0.6) is 0 Å². The molecule has 0 spiro atoms. The summed E-state index contributed by atoms with van der Waals surface area (Å²) < 4.78 is 10.5. The van der Waals surface area contributed by atoms with Gasteiger partial charge in [-0.25, -0.2) is 9.59 Å². The van der Waals surface area contributed by atoms with Crippen molar-refractivity contribution in [2.75, 3.05) is 18.5 Å². The van der Waals surface area contributed by atoms with Crippen molar-refractivity contribution >= 4 is 17.7 Å². The molecule has 8 heteroatoms. The standard InChI is InChI=1S/C23H24N4O4/c1-3-30-22(28)16-9-11-18(12-10-16)24-23(29)27-13-5-8-19(27)21-25-20(26-31-21)17-7-4-6-15(2)14-17/h4,6-7,9-12,14,19H,3,5,8,13H2,1-2H3,(H,24,29). The van der Waals surface area contributed by atoms with E-state index in [4.69, 9.17) is 9.26 Å². The molecular formula is C23H24N4O4. The molecule has 2 aromatic carbocycles. The van der Waals surface area contributed by atoms with Gasteiger partial charge >= 0.3 is 12.0 Å². The van der Waals surface area contributed by atoms with E-state index in [2.05, 4.69) is 15.5 Å². The van der Waals surface area contributed by atoms with Gasteiger partial charge in [0.05, 0.1) is 12.2 Å². The van der Waals surface area contributed by atoms with Crippen molar-refractivity contribution in [1.29, 1.82) is 0 Å². The first kappa shape index (κ1) is 20.6. The number of carbonyl (C=O) groups is 2. The summed E-state index contributed by atoms with van der Waals surface area (Å²) in [7, 11) is 0. The molecule has 1 aliphatic rings. The maximum absolute atomic E-state index is 12.9. The molecule has 1 unspecified atom stereocenters. The Labute approximate surface area is 180 Å². The average molecular weight is 420 g/mol. The monoisotopic (exact) mass is 420 g/mol. The molecule has 0 saturated carbocycles. The van der Waals surface area contributed by atoms with Crippen LogP contribution < -0.4 is 5.32 Å². The summed E-state index contributed by atoms with van der Waals surface area (Å²) in [5, 5.41) is 6.98. The zero-order chi connectivity index (χ0) is 21.8. The molecule has 160 valence electrons. The Hall–Kier alpha value is -3.68. The second-order valence-corrected chi connectivity index (χ2v) is 7.41. The third kappa shape index (κ3) is 4.58. The number of likely N-dealkylation sites (tertiary alicyclic amines) is 1. The van der Waals surface area contributed by atoms with Crippen LogP contribution >= 0.6 is 0 Å². The molecule has 0 radical (unpaired) electrons.